The fourth-order valence-corrected chi connectivity index (χ4v) is 1.55. The van der Waals surface area contributed by atoms with Crippen molar-refractivity contribution >= 4 is 0 Å². The maximum atomic E-state index is 6.12. The predicted molar refractivity (Wildman–Crippen MR) is 47.5 cm³/mol. The van der Waals surface area contributed by atoms with Crippen LogP contribution < -0.4 is 5.73 Å². The van der Waals surface area contributed by atoms with Crippen LogP contribution in [0.25, 0.3) is 0 Å². The zero-order valence-electron chi connectivity index (χ0n) is 7.62. The molecule has 2 N–H and O–H groups in total. The Kier molecular flexibility index (Phi) is 1.51. The number of aryl methyl sites for hydroxylation is 1. The van der Waals surface area contributed by atoms with Gasteiger partial charge in [0.15, 0.2) is 0 Å². The van der Waals surface area contributed by atoms with E-state index in [1.807, 2.05) is 17.8 Å². The van der Waals surface area contributed by atoms with E-state index in [0.717, 1.165) is 5.69 Å². The first-order valence-corrected chi connectivity index (χ1v) is 4.37. The molecular formula is C9H15N3. The van der Waals surface area contributed by atoms with Gasteiger partial charge >= 0.3 is 0 Å². The first-order chi connectivity index (χ1) is 5.63. The largest absolute Gasteiger partial charge is 0.322 e. The minimum Gasteiger partial charge on any atom is -0.322 e. The molecule has 1 heterocycles. The third kappa shape index (κ3) is 1.05. The quantitative estimate of drug-likeness (QED) is 0.716. The SMILES string of the molecule is Cn1nccc1C(N)C1(C)CC1. The third-order valence-corrected chi connectivity index (χ3v) is 2.97. The van der Waals surface area contributed by atoms with E-state index >= 15 is 0 Å². The summed E-state index contributed by atoms with van der Waals surface area (Å²) >= 11 is 0. The van der Waals surface area contributed by atoms with Crippen molar-refractivity contribution in [2.24, 2.45) is 18.2 Å². The van der Waals surface area contributed by atoms with E-state index in [9.17, 15) is 0 Å². The molecule has 2 rings (SSSR count). The Morgan fingerprint density at radius 2 is 2.33 bits per heavy atom. The van der Waals surface area contributed by atoms with Gasteiger partial charge in [-0.15, -0.1) is 0 Å². The molecule has 0 aromatic carbocycles. The van der Waals surface area contributed by atoms with E-state index in [2.05, 4.69) is 12.0 Å². The molecule has 1 aromatic rings. The second kappa shape index (κ2) is 2.33. The van der Waals surface area contributed by atoms with Gasteiger partial charge in [-0.2, -0.15) is 5.10 Å². The Morgan fingerprint density at radius 1 is 1.67 bits per heavy atom. The molecular weight excluding hydrogens is 150 g/mol. The Bertz CT molecular complexity index is 286. The van der Waals surface area contributed by atoms with Crippen LogP contribution in [0.1, 0.15) is 31.5 Å². The van der Waals surface area contributed by atoms with Crippen LogP contribution in [0.2, 0.25) is 0 Å². The summed E-state index contributed by atoms with van der Waals surface area (Å²) in [6, 6.07) is 2.17. The van der Waals surface area contributed by atoms with E-state index in [1.165, 1.54) is 12.8 Å². The van der Waals surface area contributed by atoms with Gasteiger partial charge in [-0.05, 0) is 24.3 Å². The molecule has 1 saturated carbocycles. The van der Waals surface area contributed by atoms with E-state index in [4.69, 9.17) is 5.73 Å². The lowest BCUT2D eigenvalue weighted by atomic mass is 9.97. The molecule has 0 aliphatic heterocycles. The van der Waals surface area contributed by atoms with E-state index < -0.39 is 0 Å². The molecule has 1 atom stereocenters. The average molecular weight is 165 g/mol. The average Bonchev–Trinajstić information content (AvgIpc) is 2.63. The Balaban J connectivity index is 2.25. The number of aromatic nitrogens is 2. The van der Waals surface area contributed by atoms with Crippen molar-refractivity contribution in [1.82, 2.24) is 9.78 Å². The lowest BCUT2D eigenvalue weighted by Gasteiger charge is -2.18. The molecule has 66 valence electrons. The minimum atomic E-state index is 0.157. The fourth-order valence-electron chi connectivity index (χ4n) is 1.55. The predicted octanol–water partition coefficient (Wildman–Crippen LogP) is 1.22. The number of hydrogen-bond donors (Lipinski definition) is 1. The van der Waals surface area contributed by atoms with E-state index in [-0.39, 0.29) is 6.04 Å². The van der Waals surface area contributed by atoms with E-state index in [0.29, 0.717) is 5.41 Å². The molecule has 1 aliphatic rings. The summed E-state index contributed by atoms with van der Waals surface area (Å²) in [6.07, 6.45) is 4.31. The Morgan fingerprint density at radius 3 is 2.75 bits per heavy atom. The summed E-state index contributed by atoms with van der Waals surface area (Å²) in [4.78, 5) is 0. The Labute approximate surface area is 72.6 Å². The van der Waals surface area contributed by atoms with Crippen molar-refractivity contribution in [3.8, 4) is 0 Å². The van der Waals surface area contributed by atoms with Crippen LogP contribution in [-0.4, -0.2) is 9.78 Å². The minimum absolute atomic E-state index is 0.157. The number of rotatable bonds is 2. The van der Waals surface area contributed by atoms with Crippen LogP contribution in [0.15, 0.2) is 12.3 Å². The van der Waals surface area contributed by atoms with Crippen molar-refractivity contribution in [1.29, 1.82) is 0 Å². The highest BCUT2D eigenvalue weighted by Gasteiger charge is 2.44. The highest BCUT2D eigenvalue weighted by molar-refractivity contribution is 5.14. The zero-order chi connectivity index (χ0) is 8.77. The lowest BCUT2D eigenvalue weighted by molar-refractivity contribution is 0.426. The Hall–Kier alpha value is -0.830. The van der Waals surface area contributed by atoms with Gasteiger partial charge in [0.2, 0.25) is 0 Å². The molecule has 1 aromatic heterocycles. The molecule has 0 radical (unpaired) electrons. The van der Waals surface area contributed by atoms with Gasteiger partial charge in [0, 0.05) is 13.2 Å². The third-order valence-electron chi connectivity index (χ3n) is 2.97. The summed E-state index contributed by atoms with van der Waals surface area (Å²) in [5.74, 6) is 0. The summed E-state index contributed by atoms with van der Waals surface area (Å²) in [7, 11) is 1.95. The van der Waals surface area contributed by atoms with E-state index in [1.54, 1.807) is 6.20 Å². The first kappa shape index (κ1) is 7.80. The molecule has 0 saturated heterocycles. The number of hydrogen-bond acceptors (Lipinski definition) is 2. The maximum absolute atomic E-state index is 6.12. The van der Waals surface area contributed by atoms with Crippen LogP contribution in [0.3, 0.4) is 0 Å². The van der Waals surface area contributed by atoms with Gasteiger partial charge in [0.25, 0.3) is 0 Å². The summed E-state index contributed by atoms with van der Waals surface area (Å²) in [5.41, 5.74) is 7.61. The summed E-state index contributed by atoms with van der Waals surface area (Å²) < 4.78 is 1.87. The molecule has 3 nitrogen and oxygen atoms in total. The molecule has 0 amide bonds. The first-order valence-electron chi connectivity index (χ1n) is 4.37. The topological polar surface area (TPSA) is 43.8 Å². The molecule has 1 fully saturated rings. The van der Waals surface area contributed by atoms with Crippen molar-refractivity contribution < 1.29 is 0 Å². The second-order valence-corrected chi connectivity index (χ2v) is 4.01. The normalized spacial score (nSPS) is 22.2. The monoisotopic (exact) mass is 165 g/mol. The maximum Gasteiger partial charge on any atom is 0.0553 e. The van der Waals surface area contributed by atoms with Gasteiger partial charge in [0.05, 0.1) is 11.7 Å². The van der Waals surface area contributed by atoms with Crippen molar-refractivity contribution in [2.75, 3.05) is 0 Å². The highest BCUT2D eigenvalue weighted by atomic mass is 15.3. The molecule has 0 spiro atoms. The molecule has 3 heteroatoms. The number of nitrogens with zero attached hydrogens (tertiary/aromatic N) is 2. The highest BCUT2D eigenvalue weighted by Crippen LogP contribution is 2.53. The fraction of sp³-hybridized carbons (Fsp3) is 0.667. The summed E-state index contributed by atoms with van der Waals surface area (Å²) in [6.45, 7) is 2.24. The van der Waals surface area contributed by atoms with Crippen LogP contribution in [-0.2, 0) is 7.05 Å². The standard InChI is InChI=1S/C9H15N3/c1-9(4-5-9)8(10)7-3-6-11-12(7)2/h3,6,8H,4-5,10H2,1-2H3. The number of nitrogens with two attached hydrogens (primary N) is 1. The summed E-state index contributed by atoms with van der Waals surface area (Å²) in [5, 5.41) is 4.12. The molecule has 12 heavy (non-hydrogen) atoms. The van der Waals surface area contributed by atoms with Gasteiger partial charge in [0.1, 0.15) is 0 Å². The van der Waals surface area contributed by atoms with Crippen molar-refractivity contribution in [2.45, 2.75) is 25.8 Å². The lowest BCUT2D eigenvalue weighted by Crippen LogP contribution is -2.22. The van der Waals surface area contributed by atoms with Crippen molar-refractivity contribution in [3.05, 3.63) is 18.0 Å². The second-order valence-electron chi connectivity index (χ2n) is 4.01. The zero-order valence-corrected chi connectivity index (χ0v) is 7.62. The van der Waals surface area contributed by atoms with Gasteiger partial charge in [-0.1, -0.05) is 6.92 Å². The molecule has 0 bridgehead atoms. The van der Waals surface area contributed by atoms with Crippen LogP contribution >= 0.6 is 0 Å². The van der Waals surface area contributed by atoms with Gasteiger partial charge < -0.3 is 5.73 Å². The van der Waals surface area contributed by atoms with Crippen LogP contribution in [0.5, 0.6) is 0 Å². The van der Waals surface area contributed by atoms with Crippen LogP contribution in [0, 0.1) is 5.41 Å². The van der Waals surface area contributed by atoms with Crippen molar-refractivity contribution in [3.63, 3.8) is 0 Å². The van der Waals surface area contributed by atoms with Gasteiger partial charge in [-0.3, -0.25) is 4.68 Å². The van der Waals surface area contributed by atoms with Crippen LogP contribution in [0.4, 0.5) is 0 Å². The molecule has 1 aliphatic carbocycles. The van der Waals surface area contributed by atoms with Gasteiger partial charge in [-0.25, -0.2) is 0 Å². The smallest absolute Gasteiger partial charge is 0.0553 e. The molecule has 1 unspecified atom stereocenters.